The first-order chi connectivity index (χ1) is 23.4. The third-order valence-electron chi connectivity index (χ3n) is 6.53. The van der Waals surface area contributed by atoms with E-state index in [1.807, 2.05) is 16.0 Å². The number of carboxylic acids is 5. The molecule has 0 aliphatic rings. The Labute approximate surface area is 289 Å². The van der Waals surface area contributed by atoms with Gasteiger partial charge in [0.25, 0.3) is 0 Å². The molecule has 6 amide bonds. The van der Waals surface area contributed by atoms with Crippen molar-refractivity contribution in [2.24, 2.45) is 11.7 Å². The average Bonchev–Trinajstić information content (AvgIpc) is 2.97. The van der Waals surface area contributed by atoms with Gasteiger partial charge in [0.2, 0.25) is 35.4 Å². The zero-order valence-corrected chi connectivity index (χ0v) is 28.0. The molecule has 0 heterocycles. The van der Waals surface area contributed by atoms with Gasteiger partial charge in [-0.2, -0.15) is 0 Å². The summed E-state index contributed by atoms with van der Waals surface area (Å²) in [6.07, 6.45) is -4.32. The monoisotopic (exact) mass is 733 g/mol. The van der Waals surface area contributed by atoms with Gasteiger partial charge in [-0.1, -0.05) is 13.8 Å². The number of aliphatic carboxylic acids is 5. The summed E-state index contributed by atoms with van der Waals surface area (Å²) in [5.74, 6) is -15.5. The van der Waals surface area contributed by atoms with E-state index in [1.165, 1.54) is 6.92 Å². The fourth-order valence-electron chi connectivity index (χ4n) is 4.03. The molecule has 0 aliphatic heterocycles. The molecule has 0 saturated heterocycles. The molecule has 0 aromatic rings. The van der Waals surface area contributed by atoms with E-state index in [0.717, 1.165) is 6.92 Å². The fourth-order valence-corrected chi connectivity index (χ4v) is 4.03. The van der Waals surface area contributed by atoms with Crippen molar-refractivity contribution in [1.82, 2.24) is 31.9 Å². The van der Waals surface area contributed by atoms with E-state index in [0.29, 0.717) is 0 Å². The van der Waals surface area contributed by atoms with Crippen molar-refractivity contribution in [3.63, 3.8) is 0 Å². The van der Waals surface area contributed by atoms with Crippen LogP contribution in [0.1, 0.15) is 59.8 Å². The van der Waals surface area contributed by atoms with Crippen LogP contribution >= 0.6 is 0 Å². The number of carbonyl (C=O) groups is 11. The van der Waals surface area contributed by atoms with Gasteiger partial charge in [-0.3, -0.25) is 47.9 Å². The minimum absolute atomic E-state index is 0.129. The summed E-state index contributed by atoms with van der Waals surface area (Å²) >= 11 is 0. The molecule has 0 saturated carbocycles. The molecule has 23 nitrogen and oxygen atoms in total. The van der Waals surface area contributed by atoms with Gasteiger partial charge in [0.15, 0.2) is 0 Å². The van der Waals surface area contributed by atoms with Crippen molar-refractivity contribution in [3.8, 4) is 0 Å². The second-order valence-corrected chi connectivity index (χ2v) is 11.7. The molecule has 0 fully saturated rings. The zero-order valence-electron chi connectivity index (χ0n) is 28.0. The smallest absolute Gasteiger partial charge is 0.326 e. The molecular weight excluding hydrogens is 690 g/mol. The predicted molar refractivity (Wildman–Crippen MR) is 167 cm³/mol. The number of nitrogens with two attached hydrogens (primary N) is 1. The number of carbonyl (C=O) groups excluding carboxylic acids is 6. The lowest BCUT2D eigenvalue weighted by molar-refractivity contribution is -0.148. The first-order valence-electron chi connectivity index (χ1n) is 15.1. The van der Waals surface area contributed by atoms with Gasteiger partial charge in [0.1, 0.15) is 36.3 Å². The van der Waals surface area contributed by atoms with Crippen molar-refractivity contribution in [1.29, 1.82) is 0 Å². The Bertz CT molecular complexity index is 1370. The molecular formula is C28H43N7O16. The standard InChI is InChI=1S/C28H43N7O16/c1-10(2)5-13(33-26(48)16(8-20(40)41)34-25(47)14(6-18(36)37)31-22(44)11(3)29)24(46)30-12(4)23(45)32-15(7-19(38)39)27(49)35-17(28(50)51)9-21(42)43/h10-17H,5-9,29H2,1-4H3,(H,30,46)(H,31,44)(H,32,45)(H,33,48)(H,34,47)(H,35,49)(H,36,37)(H,38,39)(H,40,41)(H,42,43)(H,50,51)/t11-,12-,13-,14-,15-,16-,17-/m0/s1. The van der Waals surface area contributed by atoms with Gasteiger partial charge in [0.05, 0.1) is 31.7 Å². The predicted octanol–water partition coefficient (Wildman–Crippen LogP) is -4.71. The SMILES string of the molecule is CC(C)C[C@H](NC(=O)[C@H](CC(=O)O)NC(=O)[C@H](CC(=O)O)NC(=O)[C@H](C)N)C(=O)N[C@@H](C)C(=O)N[C@@H](CC(=O)O)C(=O)N[C@@H](CC(=O)O)C(=O)O. The maximum atomic E-state index is 13.2. The molecule has 0 bridgehead atoms. The van der Waals surface area contributed by atoms with E-state index >= 15 is 0 Å². The number of amides is 6. The summed E-state index contributed by atoms with van der Waals surface area (Å²) in [6, 6.07) is -11.8. The van der Waals surface area contributed by atoms with Crippen LogP contribution in [-0.4, -0.2) is 133 Å². The van der Waals surface area contributed by atoms with Gasteiger partial charge < -0.3 is 63.2 Å². The van der Waals surface area contributed by atoms with Gasteiger partial charge in [0, 0.05) is 0 Å². The van der Waals surface area contributed by atoms with Gasteiger partial charge in [-0.25, -0.2) is 4.79 Å². The Morgan fingerprint density at radius 2 is 0.725 bits per heavy atom. The molecule has 0 radical (unpaired) electrons. The summed E-state index contributed by atoms with van der Waals surface area (Å²) in [6.45, 7) is 5.58. The summed E-state index contributed by atoms with van der Waals surface area (Å²) in [5.41, 5.74) is 5.43. The van der Waals surface area contributed by atoms with Crippen LogP contribution in [0, 0.1) is 5.92 Å². The molecule has 0 aromatic carbocycles. The topological polar surface area (TPSA) is 387 Å². The quantitative estimate of drug-likeness (QED) is 0.0469. The van der Waals surface area contributed by atoms with Gasteiger partial charge >= 0.3 is 29.8 Å². The largest absolute Gasteiger partial charge is 0.481 e. The van der Waals surface area contributed by atoms with Crippen LogP contribution in [0.5, 0.6) is 0 Å². The number of nitrogens with one attached hydrogen (secondary N) is 6. The Kier molecular flexibility index (Phi) is 18.8. The second kappa shape index (κ2) is 21.3. The molecule has 286 valence electrons. The Morgan fingerprint density at radius 1 is 0.431 bits per heavy atom. The molecule has 0 spiro atoms. The van der Waals surface area contributed by atoms with Crippen LogP contribution in [0.25, 0.3) is 0 Å². The molecule has 0 aromatic heterocycles. The maximum Gasteiger partial charge on any atom is 0.326 e. The van der Waals surface area contributed by atoms with E-state index in [-0.39, 0.29) is 12.3 Å². The maximum absolute atomic E-state index is 13.2. The van der Waals surface area contributed by atoms with Crippen molar-refractivity contribution < 1.29 is 78.3 Å². The van der Waals surface area contributed by atoms with E-state index in [9.17, 15) is 63.0 Å². The molecule has 13 N–H and O–H groups in total. The van der Waals surface area contributed by atoms with Crippen LogP contribution < -0.4 is 37.6 Å². The normalized spacial score (nSPS) is 14.9. The van der Waals surface area contributed by atoms with Crippen molar-refractivity contribution >= 4 is 65.3 Å². The third-order valence-corrected chi connectivity index (χ3v) is 6.53. The van der Waals surface area contributed by atoms with E-state index in [4.69, 9.17) is 21.1 Å². The Morgan fingerprint density at radius 3 is 1.06 bits per heavy atom. The van der Waals surface area contributed by atoms with Crippen LogP contribution in [0.4, 0.5) is 0 Å². The highest BCUT2D eigenvalue weighted by atomic mass is 16.4. The lowest BCUT2D eigenvalue weighted by Gasteiger charge is -2.26. The third kappa shape index (κ3) is 17.9. The molecule has 23 heteroatoms. The van der Waals surface area contributed by atoms with Crippen molar-refractivity contribution in [3.05, 3.63) is 0 Å². The zero-order chi connectivity index (χ0) is 39.7. The first-order valence-corrected chi connectivity index (χ1v) is 15.1. The summed E-state index contributed by atoms with van der Waals surface area (Å²) in [4.78, 5) is 133. The number of carboxylic acid groups (broad SMARTS) is 5. The highest BCUT2D eigenvalue weighted by molar-refractivity contribution is 5.99. The summed E-state index contributed by atoms with van der Waals surface area (Å²) in [7, 11) is 0. The lowest BCUT2D eigenvalue weighted by Crippen LogP contribution is -2.60. The van der Waals surface area contributed by atoms with Crippen molar-refractivity contribution in [2.75, 3.05) is 0 Å². The lowest BCUT2D eigenvalue weighted by atomic mass is 10.0. The first kappa shape index (κ1) is 45.1. The van der Waals surface area contributed by atoms with E-state index < -0.39 is 133 Å². The Hall–Kier alpha value is -5.87. The summed E-state index contributed by atoms with van der Waals surface area (Å²) in [5, 5.41) is 58.1. The molecule has 7 atom stereocenters. The fraction of sp³-hybridized carbons (Fsp3) is 0.607. The number of hydrogen-bond donors (Lipinski definition) is 12. The molecule has 0 rings (SSSR count). The average molecular weight is 734 g/mol. The van der Waals surface area contributed by atoms with Crippen LogP contribution in [-0.2, 0) is 52.7 Å². The van der Waals surface area contributed by atoms with Gasteiger partial charge in [-0.05, 0) is 26.2 Å². The number of rotatable bonds is 23. The van der Waals surface area contributed by atoms with Crippen LogP contribution in [0.2, 0.25) is 0 Å². The van der Waals surface area contributed by atoms with Gasteiger partial charge in [-0.15, -0.1) is 0 Å². The van der Waals surface area contributed by atoms with E-state index in [2.05, 4.69) is 16.0 Å². The van der Waals surface area contributed by atoms with Crippen molar-refractivity contribution in [2.45, 2.75) is 102 Å². The molecule has 51 heavy (non-hydrogen) atoms. The molecule has 0 unspecified atom stereocenters. The Balaban J connectivity index is 5.99. The summed E-state index contributed by atoms with van der Waals surface area (Å²) < 4.78 is 0. The van der Waals surface area contributed by atoms with Crippen LogP contribution in [0.15, 0.2) is 0 Å². The van der Waals surface area contributed by atoms with Crippen LogP contribution in [0.3, 0.4) is 0 Å². The minimum Gasteiger partial charge on any atom is -0.481 e. The van der Waals surface area contributed by atoms with E-state index in [1.54, 1.807) is 13.8 Å². The second-order valence-electron chi connectivity index (χ2n) is 11.7. The molecule has 0 aliphatic carbocycles. The number of hydrogen-bond acceptors (Lipinski definition) is 12. The minimum atomic E-state index is -1.98. The highest BCUT2D eigenvalue weighted by Gasteiger charge is 2.34. The highest BCUT2D eigenvalue weighted by Crippen LogP contribution is 2.08.